The number of anilines is 1. The van der Waals surface area contributed by atoms with Crippen LogP contribution < -0.4 is 9.62 Å². The molecule has 136 valence electrons. The summed E-state index contributed by atoms with van der Waals surface area (Å²) in [5, 5.41) is 9.22. The maximum Gasteiger partial charge on any atom is 0.306 e. The molecule has 2 unspecified atom stereocenters. The molecule has 0 aromatic heterocycles. The van der Waals surface area contributed by atoms with Crippen LogP contribution >= 0.6 is 0 Å². The third-order valence-corrected chi connectivity index (χ3v) is 6.58. The van der Waals surface area contributed by atoms with Gasteiger partial charge in [-0.15, -0.1) is 0 Å². The number of carboxylic acids is 1. The van der Waals surface area contributed by atoms with E-state index in [1.807, 2.05) is 0 Å². The van der Waals surface area contributed by atoms with E-state index in [0.29, 0.717) is 37.9 Å². The minimum atomic E-state index is -3.58. The van der Waals surface area contributed by atoms with Gasteiger partial charge < -0.3 is 10.0 Å². The molecular weight excluding hydrogens is 344 g/mol. The van der Waals surface area contributed by atoms with Gasteiger partial charge in [-0.3, -0.25) is 9.59 Å². The number of carbonyl (C=O) groups is 2. The predicted molar refractivity (Wildman–Crippen MR) is 91.8 cm³/mol. The number of fused-ring (bicyclic) bond motifs is 1. The van der Waals surface area contributed by atoms with Crippen molar-refractivity contribution in [2.45, 2.75) is 37.0 Å². The van der Waals surface area contributed by atoms with Crippen LogP contribution in [-0.4, -0.2) is 39.0 Å². The quantitative estimate of drug-likeness (QED) is 0.838. The number of hydrogen-bond donors (Lipinski definition) is 2. The van der Waals surface area contributed by atoms with E-state index in [1.54, 1.807) is 17.0 Å². The molecule has 0 saturated heterocycles. The Balaban J connectivity index is 1.85. The molecule has 7 nitrogen and oxygen atoms in total. The van der Waals surface area contributed by atoms with E-state index in [4.69, 9.17) is 0 Å². The number of hydrogen-bond acceptors (Lipinski definition) is 4. The summed E-state index contributed by atoms with van der Waals surface area (Å²) in [6, 6.07) is 4.82. The fourth-order valence-corrected chi connectivity index (χ4v) is 4.48. The van der Waals surface area contributed by atoms with E-state index >= 15 is 0 Å². The number of carboxylic acid groups (broad SMARTS) is 1. The minimum Gasteiger partial charge on any atom is -0.481 e. The fourth-order valence-electron chi connectivity index (χ4n) is 3.73. The van der Waals surface area contributed by atoms with Crippen molar-refractivity contribution in [2.24, 2.45) is 11.8 Å². The van der Waals surface area contributed by atoms with Gasteiger partial charge in [0.25, 0.3) is 0 Å². The standard InChI is InChI=1S/C17H22N2O5S/c1-18-25(23,24)14-6-5-11-7-8-19(15(11)10-14)16(20)12-3-2-4-13(9-12)17(21)22/h5-6,10,12-13,18H,2-4,7-9H2,1H3,(H,21,22). The average molecular weight is 366 g/mol. The molecule has 1 aromatic carbocycles. The number of sulfonamides is 1. The van der Waals surface area contributed by atoms with Crippen LogP contribution in [0.1, 0.15) is 31.2 Å². The number of benzene rings is 1. The van der Waals surface area contributed by atoms with Gasteiger partial charge in [0.1, 0.15) is 0 Å². The number of carbonyl (C=O) groups excluding carboxylic acids is 1. The lowest BCUT2D eigenvalue weighted by Crippen LogP contribution is -2.38. The van der Waals surface area contributed by atoms with Crippen molar-refractivity contribution in [2.75, 3.05) is 18.5 Å². The first kappa shape index (κ1) is 17.9. The summed E-state index contributed by atoms with van der Waals surface area (Å²) >= 11 is 0. The zero-order valence-corrected chi connectivity index (χ0v) is 14.9. The second-order valence-electron chi connectivity index (χ2n) is 6.64. The molecule has 2 N–H and O–H groups in total. The second kappa shape index (κ2) is 6.76. The molecule has 8 heteroatoms. The van der Waals surface area contributed by atoms with E-state index in [9.17, 15) is 23.1 Å². The largest absolute Gasteiger partial charge is 0.481 e. The Hall–Kier alpha value is -1.93. The van der Waals surface area contributed by atoms with Crippen molar-refractivity contribution >= 4 is 27.6 Å². The van der Waals surface area contributed by atoms with Crippen molar-refractivity contribution in [3.63, 3.8) is 0 Å². The summed E-state index contributed by atoms with van der Waals surface area (Å²) < 4.78 is 26.3. The number of nitrogens with zero attached hydrogens (tertiary/aromatic N) is 1. The fraction of sp³-hybridized carbons (Fsp3) is 0.529. The summed E-state index contributed by atoms with van der Waals surface area (Å²) in [7, 11) is -2.23. The summed E-state index contributed by atoms with van der Waals surface area (Å²) in [6.45, 7) is 0.505. The average Bonchev–Trinajstić information content (AvgIpc) is 3.04. The van der Waals surface area contributed by atoms with Crippen LogP contribution in [-0.2, 0) is 26.0 Å². The summed E-state index contributed by atoms with van der Waals surface area (Å²) in [5.74, 6) is -1.73. The smallest absolute Gasteiger partial charge is 0.306 e. The Bertz CT molecular complexity index is 805. The first-order valence-electron chi connectivity index (χ1n) is 8.44. The van der Waals surface area contributed by atoms with Gasteiger partial charge in [0, 0.05) is 18.2 Å². The molecule has 1 amide bonds. The molecule has 1 aliphatic heterocycles. The lowest BCUT2D eigenvalue weighted by molar-refractivity contribution is -0.143. The highest BCUT2D eigenvalue weighted by atomic mass is 32.2. The Kier molecular flexibility index (Phi) is 4.83. The summed E-state index contributed by atoms with van der Waals surface area (Å²) in [4.78, 5) is 25.9. The van der Waals surface area contributed by atoms with Crippen LogP contribution in [0.25, 0.3) is 0 Å². The molecule has 1 saturated carbocycles. The van der Waals surface area contributed by atoms with Crippen LogP contribution in [0, 0.1) is 11.8 Å². The molecule has 25 heavy (non-hydrogen) atoms. The Morgan fingerprint density at radius 2 is 1.96 bits per heavy atom. The third kappa shape index (κ3) is 3.41. The lowest BCUT2D eigenvalue weighted by Gasteiger charge is -2.29. The number of nitrogens with one attached hydrogen (secondary N) is 1. The molecule has 1 aliphatic carbocycles. The van der Waals surface area contributed by atoms with Gasteiger partial charge in [-0.2, -0.15) is 0 Å². The van der Waals surface area contributed by atoms with Gasteiger partial charge in [-0.25, -0.2) is 13.1 Å². The van der Waals surface area contributed by atoms with E-state index < -0.39 is 21.9 Å². The maximum atomic E-state index is 12.9. The first-order chi connectivity index (χ1) is 11.8. The number of amides is 1. The second-order valence-corrected chi connectivity index (χ2v) is 8.52. The molecule has 0 bridgehead atoms. The molecule has 3 rings (SSSR count). The van der Waals surface area contributed by atoms with Gasteiger partial charge in [-0.1, -0.05) is 12.5 Å². The Morgan fingerprint density at radius 3 is 2.64 bits per heavy atom. The molecule has 0 spiro atoms. The van der Waals surface area contributed by atoms with Gasteiger partial charge in [0.15, 0.2) is 0 Å². The van der Waals surface area contributed by atoms with Crippen molar-refractivity contribution in [3.05, 3.63) is 23.8 Å². The highest BCUT2D eigenvalue weighted by molar-refractivity contribution is 7.89. The minimum absolute atomic E-state index is 0.0938. The van der Waals surface area contributed by atoms with Crippen molar-refractivity contribution < 1.29 is 23.1 Å². The topological polar surface area (TPSA) is 104 Å². The maximum absolute atomic E-state index is 12.9. The van der Waals surface area contributed by atoms with Crippen LogP contribution in [0.3, 0.4) is 0 Å². The number of aliphatic carboxylic acids is 1. The van der Waals surface area contributed by atoms with E-state index in [-0.39, 0.29) is 16.7 Å². The monoisotopic (exact) mass is 366 g/mol. The normalized spacial score (nSPS) is 23.3. The van der Waals surface area contributed by atoms with Gasteiger partial charge in [0.05, 0.1) is 10.8 Å². The van der Waals surface area contributed by atoms with Crippen molar-refractivity contribution in [1.82, 2.24) is 4.72 Å². The number of rotatable bonds is 4. The van der Waals surface area contributed by atoms with Gasteiger partial charge >= 0.3 is 5.97 Å². The molecule has 1 aromatic rings. The van der Waals surface area contributed by atoms with Gasteiger partial charge in [-0.05, 0) is 50.4 Å². The molecule has 1 fully saturated rings. The lowest BCUT2D eigenvalue weighted by atomic mass is 9.80. The molecule has 2 aliphatic rings. The Labute approximate surface area is 147 Å². The zero-order chi connectivity index (χ0) is 18.2. The van der Waals surface area contributed by atoms with E-state index in [0.717, 1.165) is 12.0 Å². The molecule has 1 heterocycles. The van der Waals surface area contributed by atoms with E-state index in [2.05, 4.69) is 4.72 Å². The first-order valence-corrected chi connectivity index (χ1v) is 9.92. The van der Waals surface area contributed by atoms with Crippen LogP contribution in [0.4, 0.5) is 5.69 Å². The molecule has 0 radical (unpaired) electrons. The van der Waals surface area contributed by atoms with E-state index in [1.165, 1.54) is 13.1 Å². The van der Waals surface area contributed by atoms with Crippen molar-refractivity contribution in [3.8, 4) is 0 Å². The predicted octanol–water partition coefficient (Wildman–Crippen LogP) is 1.37. The highest BCUT2D eigenvalue weighted by Crippen LogP contribution is 2.36. The third-order valence-electron chi connectivity index (χ3n) is 5.17. The summed E-state index contributed by atoms with van der Waals surface area (Å²) in [5.41, 5.74) is 1.56. The SMILES string of the molecule is CNS(=O)(=O)c1ccc2c(c1)N(C(=O)C1CCCC(C(=O)O)C1)CC2. The molecular formula is C17H22N2O5S. The molecule has 2 atom stereocenters. The van der Waals surface area contributed by atoms with Crippen LogP contribution in [0.5, 0.6) is 0 Å². The van der Waals surface area contributed by atoms with Gasteiger partial charge in [0.2, 0.25) is 15.9 Å². The van der Waals surface area contributed by atoms with Crippen molar-refractivity contribution in [1.29, 1.82) is 0 Å². The van der Waals surface area contributed by atoms with Crippen LogP contribution in [0.2, 0.25) is 0 Å². The van der Waals surface area contributed by atoms with Crippen LogP contribution in [0.15, 0.2) is 23.1 Å². The zero-order valence-electron chi connectivity index (χ0n) is 14.1. The Morgan fingerprint density at radius 1 is 1.24 bits per heavy atom. The summed E-state index contributed by atoms with van der Waals surface area (Å²) in [6.07, 6.45) is 3.05. The highest BCUT2D eigenvalue weighted by Gasteiger charge is 2.36.